The number of nitrogens with zero attached hydrogens (tertiary/aromatic N) is 3. The lowest BCUT2D eigenvalue weighted by molar-refractivity contribution is -0.121. The van der Waals surface area contributed by atoms with Gasteiger partial charge in [-0.3, -0.25) is 4.79 Å². The lowest BCUT2D eigenvalue weighted by atomic mass is 10.2. The molecule has 1 amide bonds. The maximum absolute atomic E-state index is 12.9. The fourth-order valence-electron chi connectivity index (χ4n) is 3.46. The molecule has 0 N–H and O–H groups in total. The molecule has 2 heterocycles. The molecule has 0 aliphatic carbocycles. The summed E-state index contributed by atoms with van der Waals surface area (Å²) in [6.45, 7) is 6.44. The van der Waals surface area contributed by atoms with E-state index in [0.717, 1.165) is 22.2 Å². The lowest BCUT2D eigenvalue weighted by Crippen LogP contribution is -2.40. The van der Waals surface area contributed by atoms with Crippen molar-refractivity contribution in [2.75, 3.05) is 32.6 Å². The van der Waals surface area contributed by atoms with Crippen molar-refractivity contribution in [1.82, 2.24) is 8.87 Å². The Hall–Kier alpha value is -1.75. The van der Waals surface area contributed by atoms with E-state index in [9.17, 15) is 13.2 Å². The van der Waals surface area contributed by atoms with Gasteiger partial charge in [0.05, 0.1) is 29.7 Å². The Kier molecular flexibility index (Phi) is 7.10. The molecule has 1 unspecified atom stereocenters. The minimum atomic E-state index is -3.44. The number of carbonyl (C=O) groups is 1. The summed E-state index contributed by atoms with van der Waals surface area (Å²) in [7, 11) is -3.44. The quantitative estimate of drug-likeness (QED) is 0.585. The molecule has 1 aromatic carbocycles. The third kappa shape index (κ3) is 5.06. The maximum Gasteiger partial charge on any atom is 0.266 e. The highest BCUT2D eigenvalue weighted by molar-refractivity contribution is 7.88. The second-order valence-corrected chi connectivity index (χ2v) is 9.72. The van der Waals surface area contributed by atoms with Crippen LogP contribution in [-0.4, -0.2) is 61.9 Å². The largest absolute Gasteiger partial charge is 0.494 e. The van der Waals surface area contributed by atoms with Crippen LogP contribution in [0.4, 0.5) is 0 Å². The molecule has 0 saturated carbocycles. The zero-order chi connectivity index (χ0) is 21.0. The lowest BCUT2D eigenvalue weighted by Gasteiger charge is -2.18. The summed E-state index contributed by atoms with van der Waals surface area (Å²) in [6, 6.07) is 5.05. The monoisotopic (exact) mass is 441 g/mol. The summed E-state index contributed by atoms with van der Waals surface area (Å²) < 4.78 is 39.2. The van der Waals surface area contributed by atoms with Gasteiger partial charge in [-0.05, 0) is 44.9 Å². The molecule has 0 spiro atoms. The van der Waals surface area contributed by atoms with E-state index >= 15 is 0 Å². The number of rotatable bonds is 8. The van der Waals surface area contributed by atoms with Gasteiger partial charge in [-0.25, -0.2) is 8.42 Å². The number of ether oxygens (including phenoxy) is 2. The topological polar surface area (TPSA) is 90.2 Å². The van der Waals surface area contributed by atoms with Gasteiger partial charge in [0.15, 0.2) is 4.80 Å². The summed E-state index contributed by atoms with van der Waals surface area (Å²) in [5.74, 6) is 0.338. The van der Waals surface area contributed by atoms with Gasteiger partial charge in [0.25, 0.3) is 5.91 Å². The first-order chi connectivity index (χ1) is 13.8. The van der Waals surface area contributed by atoms with Crippen LogP contribution in [0.1, 0.15) is 26.7 Å². The van der Waals surface area contributed by atoms with Crippen LogP contribution in [-0.2, 0) is 26.1 Å². The second-order valence-electron chi connectivity index (χ2n) is 6.78. The number of aromatic nitrogens is 1. The molecule has 1 aliphatic rings. The number of hydrogen-bond acceptors (Lipinski definition) is 6. The standard InChI is InChI=1S/C19H27N3O5S2/c1-4-26-12-11-21-15-9-8-14(27-5-2)13-17(15)28-19(21)20-18(23)16-7-6-10-22(16)29(3,24)25/h8-9,13,16H,4-7,10-12H2,1-3H3. The Morgan fingerprint density at radius 1 is 1.31 bits per heavy atom. The van der Waals surface area contributed by atoms with E-state index in [0.29, 0.717) is 50.6 Å². The van der Waals surface area contributed by atoms with Gasteiger partial charge < -0.3 is 14.0 Å². The van der Waals surface area contributed by atoms with Crippen LogP contribution in [0.25, 0.3) is 10.2 Å². The molecule has 0 bridgehead atoms. The smallest absolute Gasteiger partial charge is 0.266 e. The van der Waals surface area contributed by atoms with Crippen LogP contribution in [0.3, 0.4) is 0 Å². The van der Waals surface area contributed by atoms with Gasteiger partial charge in [-0.1, -0.05) is 11.3 Å². The molecule has 1 saturated heterocycles. The molecule has 29 heavy (non-hydrogen) atoms. The molecular formula is C19H27N3O5S2. The van der Waals surface area contributed by atoms with Crippen molar-refractivity contribution in [2.45, 2.75) is 39.3 Å². The summed E-state index contributed by atoms with van der Waals surface area (Å²) >= 11 is 1.39. The third-order valence-corrected chi connectivity index (χ3v) is 7.08. The van der Waals surface area contributed by atoms with Gasteiger partial charge in [-0.15, -0.1) is 0 Å². The van der Waals surface area contributed by atoms with Gasteiger partial charge in [0.2, 0.25) is 10.0 Å². The Labute approximate surface area is 174 Å². The van der Waals surface area contributed by atoms with Crippen molar-refractivity contribution in [3.05, 3.63) is 23.0 Å². The van der Waals surface area contributed by atoms with Crippen LogP contribution in [0, 0.1) is 0 Å². The second kappa shape index (κ2) is 9.38. The Morgan fingerprint density at radius 2 is 2.10 bits per heavy atom. The van der Waals surface area contributed by atoms with Crippen molar-refractivity contribution in [3.8, 4) is 5.75 Å². The van der Waals surface area contributed by atoms with E-state index in [1.165, 1.54) is 15.6 Å². The Bertz CT molecular complexity index is 1040. The van der Waals surface area contributed by atoms with Crippen LogP contribution in [0.15, 0.2) is 23.2 Å². The van der Waals surface area contributed by atoms with Crippen LogP contribution < -0.4 is 9.54 Å². The fourth-order valence-corrected chi connectivity index (χ4v) is 5.67. The predicted molar refractivity (Wildman–Crippen MR) is 113 cm³/mol. The summed E-state index contributed by atoms with van der Waals surface area (Å²) in [4.78, 5) is 17.7. The first kappa shape index (κ1) is 21.9. The first-order valence-electron chi connectivity index (χ1n) is 9.74. The summed E-state index contributed by atoms with van der Waals surface area (Å²) in [5.41, 5.74) is 0.941. The Balaban J connectivity index is 2.01. The van der Waals surface area contributed by atoms with E-state index in [4.69, 9.17) is 9.47 Å². The average molecular weight is 442 g/mol. The summed E-state index contributed by atoms with van der Waals surface area (Å²) in [6.07, 6.45) is 2.29. The van der Waals surface area contributed by atoms with E-state index in [1.54, 1.807) is 0 Å². The molecular weight excluding hydrogens is 414 g/mol. The van der Waals surface area contributed by atoms with Crippen molar-refractivity contribution in [1.29, 1.82) is 0 Å². The number of carbonyl (C=O) groups excluding carboxylic acids is 1. The third-order valence-electron chi connectivity index (χ3n) is 4.75. The van der Waals surface area contributed by atoms with E-state index < -0.39 is 22.0 Å². The van der Waals surface area contributed by atoms with Crippen molar-refractivity contribution in [2.24, 2.45) is 4.99 Å². The molecule has 1 atom stereocenters. The van der Waals surface area contributed by atoms with Gasteiger partial charge in [-0.2, -0.15) is 9.30 Å². The zero-order valence-electron chi connectivity index (χ0n) is 17.0. The van der Waals surface area contributed by atoms with Crippen molar-refractivity contribution < 1.29 is 22.7 Å². The fraction of sp³-hybridized carbons (Fsp3) is 0.579. The Morgan fingerprint density at radius 3 is 2.79 bits per heavy atom. The van der Waals surface area contributed by atoms with E-state index in [2.05, 4.69) is 4.99 Å². The van der Waals surface area contributed by atoms with E-state index in [-0.39, 0.29) is 0 Å². The maximum atomic E-state index is 12.9. The molecule has 1 aliphatic heterocycles. The summed E-state index contributed by atoms with van der Waals surface area (Å²) in [5, 5.41) is 0. The molecule has 10 heteroatoms. The van der Waals surface area contributed by atoms with E-state index in [1.807, 2.05) is 36.6 Å². The highest BCUT2D eigenvalue weighted by Crippen LogP contribution is 2.24. The number of benzene rings is 1. The van der Waals surface area contributed by atoms with Gasteiger partial charge in [0, 0.05) is 19.7 Å². The molecule has 0 radical (unpaired) electrons. The predicted octanol–water partition coefficient (Wildman–Crippen LogP) is 1.99. The van der Waals surface area contributed by atoms with Gasteiger partial charge >= 0.3 is 0 Å². The number of hydrogen-bond donors (Lipinski definition) is 0. The number of amides is 1. The van der Waals surface area contributed by atoms with Gasteiger partial charge in [0.1, 0.15) is 11.8 Å². The highest BCUT2D eigenvalue weighted by atomic mass is 32.2. The molecule has 1 fully saturated rings. The van der Waals surface area contributed by atoms with Crippen LogP contribution in [0.2, 0.25) is 0 Å². The number of thiazole rings is 1. The minimum Gasteiger partial charge on any atom is -0.494 e. The average Bonchev–Trinajstić information content (AvgIpc) is 3.27. The minimum absolute atomic E-state index is 0.360. The van der Waals surface area contributed by atoms with Crippen LogP contribution >= 0.6 is 11.3 Å². The van der Waals surface area contributed by atoms with Crippen LogP contribution in [0.5, 0.6) is 5.75 Å². The number of fused-ring (bicyclic) bond motifs is 1. The number of sulfonamides is 1. The molecule has 160 valence electrons. The molecule has 8 nitrogen and oxygen atoms in total. The van der Waals surface area contributed by atoms with Crippen molar-refractivity contribution in [3.63, 3.8) is 0 Å². The highest BCUT2D eigenvalue weighted by Gasteiger charge is 2.36. The molecule has 2 aromatic rings. The SMILES string of the molecule is CCOCCn1c(=NC(=O)C2CCCN2S(C)(=O)=O)sc2cc(OCC)ccc21. The normalized spacial score (nSPS) is 18.6. The molecule has 1 aromatic heterocycles. The van der Waals surface area contributed by atoms with Crippen molar-refractivity contribution >= 4 is 37.5 Å². The first-order valence-corrected chi connectivity index (χ1v) is 12.4. The molecule has 3 rings (SSSR count). The zero-order valence-corrected chi connectivity index (χ0v) is 18.6.